The summed E-state index contributed by atoms with van der Waals surface area (Å²) >= 11 is 0. The van der Waals surface area contributed by atoms with Gasteiger partial charge in [0.15, 0.2) is 0 Å². The zero-order chi connectivity index (χ0) is 12.1. The van der Waals surface area contributed by atoms with E-state index >= 15 is 0 Å². The Hall–Kier alpha value is -1.27. The average Bonchev–Trinajstić information content (AvgIpc) is 2.09. The maximum atomic E-state index is 11.7. The van der Waals surface area contributed by atoms with Crippen LogP contribution >= 0.6 is 0 Å². The van der Waals surface area contributed by atoms with E-state index in [2.05, 4.69) is 5.32 Å². The molecule has 0 fully saturated rings. The predicted molar refractivity (Wildman–Crippen MR) is 46.9 cm³/mol. The van der Waals surface area contributed by atoms with Crippen molar-refractivity contribution in [2.45, 2.75) is 20.0 Å². The van der Waals surface area contributed by atoms with Gasteiger partial charge in [0.1, 0.15) is 0 Å². The van der Waals surface area contributed by atoms with Gasteiger partial charge in [-0.25, -0.2) is 0 Å². The summed E-state index contributed by atoms with van der Waals surface area (Å²) in [5.74, 6) is -2.50. The molecule has 0 aliphatic rings. The zero-order valence-electron chi connectivity index (χ0n) is 8.44. The van der Waals surface area contributed by atoms with Gasteiger partial charge in [-0.3, -0.25) is 9.59 Å². The van der Waals surface area contributed by atoms with Gasteiger partial charge in [-0.2, -0.15) is 13.2 Å². The van der Waals surface area contributed by atoms with Crippen LogP contribution in [0.5, 0.6) is 0 Å². The first kappa shape index (κ1) is 13.7. The van der Waals surface area contributed by atoms with Crippen molar-refractivity contribution >= 4 is 11.8 Å². The number of halogens is 3. The summed E-state index contributed by atoms with van der Waals surface area (Å²) < 4.78 is 35.0. The van der Waals surface area contributed by atoms with Gasteiger partial charge in [-0.15, -0.1) is 0 Å². The fraction of sp³-hybridized carbons (Fsp3) is 0.750. The summed E-state index contributed by atoms with van der Waals surface area (Å²) in [6.07, 6.45) is -4.87. The average molecular weight is 226 g/mol. The summed E-state index contributed by atoms with van der Waals surface area (Å²) in [5.41, 5.74) is 0. The molecule has 7 heteroatoms. The molecular formula is C8H13F3N2O2. The molecule has 0 atom stereocenters. The molecular weight excluding hydrogens is 213 g/mol. The summed E-state index contributed by atoms with van der Waals surface area (Å²) in [7, 11) is 0. The van der Waals surface area contributed by atoms with Crippen LogP contribution in [-0.4, -0.2) is 31.1 Å². The van der Waals surface area contributed by atoms with E-state index in [9.17, 15) is 22.8 Å². The minimum absolute atomic E-state index is 0.0150. The molecule has 0 saturated carbocycles. The Bertz CT molecular complexity index is 239. The number of carbonyl (C=O) groups is 2. The van der Waals surface area contributed by atoms with Crippen LogP contribution in [0, 0.1) is 5.92 Å². The molecule has 2 N–H and O–H groups in total. The van der Waals surface area contributed by atoms with E-state index in [-0.39, 0.29) is 24.9 Å². The summed E-state index contributed by atoms with van der Waals surface area (Å²) in [6.45, 7) is 3.06. The minimum Gasteiger partial charge on any atom is -0.354 e. The fourth-order valence-corrected chi connectivity index (χ4v) is 0.666. The Morgan fingerprint density at radius 3 is 2.00 bits per heavy atom. The van der Waals surface area contributed by atoms with E-state index in [4.69, 9.17) is 0 Å². The van der Waals surface area contributed by atoms with Crippen molar-refractivity contribution in [1.82, 2.24) is 10.6 Å². The van der Waals surface area contributed by atoms with Crippen LogP contribution < -0.4 is 10.6 Å². The molecule has 0 unspecified atom stereocenters. The third-order valence-electron chi connectivity index (χ3n) is 1.49. The number of hydrogen-bond donors (Lipinski definition) is 2. The lowest BCUT2D eigenvalue weighted by Crippen LogP contribution is -2.41. The van der Waals surface area contributed by atoms with E-state index < -0.39 is 12.1 Å². The normalized spacial score (nSPS) is 11.3. The van der Waals surface area contributed by atoms with E-state index in [0.29, 0.717) is 0 Å². The Labute approximate surface area is 85.2 Å². The summed E-state index contributed by atoms with van der Waals surface area (Å²) in [5, 5.41) is 4.01. The highest BCUT2D eigenvalue weighted by atomic mass is 19.4. The number of alkyl halides is 3. The summed E-state index contributed by atoms with van der Waals surface area (Å²) in [4.78, 5) is 21.2. The Morgan fingerprint density at radius 2 is 1.60 bits per heavy atom. The van der Waals surface area contributed by atoms with E-state index in [1.165, 1.54) is 0 Å². The minimum atomic E-state index is -4.87. The third-order valence-corrected chi connectivity index (χ3v) is 1.49. The first-order valence-electron chi connectivity index (χ1n) is 4.38. The predicted octanol–water partition coefficient (Wildman–Crippen LogP) is 0.437. The molecule has 0 bridgehead atoms. The molecule has 0 aliphatic carbocycles. The number of hydrogen-bond acceptors (Lipinski definition) is 2. The second kappa shape index (κ2) is 5.57. The van der Waals surface area contributed by atoms with E-state index in [1.54, 1.807) is 19.2 Å². The summed E-state index contributed by atoms with van der Waals surface area (Å²) in [6, 6.07) is 0. The SMILES string of the molecule is CC(C)C(=O)NCCNC(=O)C(F)(F)F. The molecule has 0 spiro atoms. The lowest BCUT2D eigenvalue weighted by Gasteiger charge is -2.09. The number of carbonyl (C=O) groups excluding carboxylic acids is 2. The highest BCUT2D eigenvalue weighted by molar-refractivity contribution is 5.81. The van der Waals surface area contributed by atoms with Gasteiger partial charge >= 0.3 is 12.1 Å². The van der Waals surface area contributed by atoms with Gasteiger partial charge in [0.05, 0.1) is 0 Å². The first-order valence-corrected chi connectivity index (χ1v) is 4.38. The second-order valence-electron chi connectivity index (χ2n) is 3.20. The van der Waals surface area contributed by atoms with Crippen LogP contribution in [0.4, 0.5) is 13.2 Å². The second-order valence-corrected chi connectivity index (χ2v) is 3.20. The molecule has 0 aromatic rings. The lowest BCUT2D eigenvalue weighted by molar-refractivity contribution is -0.173. The molecule has 15 heavy (non-hydrogen) atoms. The highest BCUT2D eigenvalue weighted by Crippen LogP contribution is 2.13. The van der Waals surface area contributed by atoms with Crippen molar-refractivity contribution in [3.63, 3.8) is 0 Å². The Morgan fingerprint density at radius 1 is 1.13 bits per heavy atom. The number of nitrogens with one attached hydrogen (secondary N) is 2. The standard InChI is InChI=1S/C8H13F3N2O2/c1-5(2)6(14)12-3-4-13-7(15)8(9,10)11/h5H,3-4H2,1-2H3,(H,12,14)(H,13,15). The quantitative estimate of drug-likeness (QED) is 0.683. The van der Waals surface area contributed by atoms with Gasteiger partial charge < -0.3 is 10.6 Å². The topological polar surface area (TPSA) is 58.2 Å². The Balaban J connectivity index is 3.65. The van der Waals surface area contributed by atoms with Crippen LogP contribution in [0.3, 0.4) is 0 Å². The molecule has 88 valence electrons. The number of amides is 2. The van der Waals surface area contributed by atoms with Crippen LogP contribution in [0.1, 0.15) is 13.8 Å². The van der Waals surface area contributed by atoms with Crippen molar-refractivity contribution in [2.75, 3.05) is 13.1 Å². The van der Waals surface area contributed by atoms with Crippen molar-refractivity contribution < 1.29 is 22.8 Å². The zero-order valence-corrected chi connectivity index (χ0v) is 8.44. The van der Waals surface area contributed by atoms with E-state index in [1.807, 2.05) is 0 Å². The molecule has 0 aliphatic heterocycles. The van der Waals surface area contributed by atoms with Crippen molar-refractivity contribution in [1.29, 1.82) is 0 Å². The van der Waals surface area contributed by atoms with Crippen LogP contribution in [0.25, 0.3) is 0 Å². The van der Waals surface area contributed by atoms with Crippen LogP contribution in [0.15, 0.2) is 0 Å². The van der Waals surface area contributed by atoms with Crippen molar-refractivity contribution in [3.05, 3.63) is 0 Å². The van der Waals surface area contributed by atoms with Crippen molar-refractivity contribution in [2.24, 2.45) is 5.92 Å². The maximum absolute atomic E-state index is 11.7. The highest BCUT2D eigenvalue weighted by Gasteiger charge is 2.38. The smallest absolute Gasteiger partial charge is 0.354 e. The van der Waals surface area contributed by atoms with Gasteiger partial charge in [0, 0.05) is 19.0 Å². The van der Waals surface area contributed by atoms with Crippen LogP contribution in [0.2, 0.25) is 0 Å². The maximum Gasteiger partial charge on any atom is 0.471 e. The molecule has 0 saturated heterocycles. The van der Waals surface area contributed by atoms with Gasteiger partial charge in [-0.1, -0.05) is 13.8 Å². The first-order chi connectivity index (χ1) is 6.75. The van der Waals surface area contributed by atoms with Gasteiger partial charge in [-0.05, 0) is 0 Å². The largest absolute Gasteiger partial charge is 0.471 e. The molecule has 2 amide bonds. The molecule has 0 rings (SSSR count). The number of rotatable bonds is 4. The monoisotopic (exact) mass is 226 g/mol. The molecule has 0 heterocycles. The third kappa shape index (κ3) is 5.92. The molecule has 0 aromatic heterocycles. The molecule has 0 aromatic carbocycles. The van der Waals surface area contributed by atoms with Crippen LogP contribution in [-0.2, 0) is 9.59 Å². The van der Waals surface area contributed by atoms with E-state index in [0.717, 1.165) is 0 Å². The Kier molecular flexibility index (Phi) is 5.10. The molecule has 4 nitrogen and oxygen atoms in total. The van der Waals surface area contributed by atoms with Crippen molar-refractivity contribution in [3.8, 4) is 0 Å². The van der Waals surface area contributed by atoms with Gasteiger partial charge in [0.2, 0.25) is 5.91 Å². The lowest BCUT2D eigenvalue weighted by atomic mass is 10.2. The molecule has 0 radical (unpaired) electrons. The fourth-order valence-electron chi connectivity index (χ4n) is 0.666. The van der Waals surface area contributed by atoms with Gasteiger partial charge in [0.25, 0.3) is 0 Å².